The number of rotatable bonds is 20. The lowest BCUT2D eigenvalue weighted by Gasteiger charge is -2.16. The molecule has 0 amide bonds. The van der Waals surface area contributed by atoms with Gasteiger partial charge in [-0.2, -0.15) is 0 Å². The van der Waals surface area contributed by atoms with Crippen LogP contribution in [-0.2, 0) is 69.1 Å². The molecular formula is C50H75N10O40P5. The number of aliphatic hydroxyl groups is 5. The molecular weight excluding hydrogens is 1540 g/mol. The van der Waals surface area contributed by atoms with Gasteiger partial charge in [0, 0.05) is 90.9 Å². The Kier molecular flexibility index (Phi) is 30.1. The number of H-pyrrole nitrogens is 5. The number of aromatic amines is 5. The number of nitrogens with one attached hydrogen (secondary N) is 5. The second-order valence-corrected chi connectivity index (χ2v) is 29.7. The standard InChI is InChI=1S/5C10H15N2O8P/c5*1-5-3-12(10(15)11-9(5)14)8-2-6(13)7(20-8)4-19-21(16,17)18/h5*3,6-8,13H,2,4H2,1H3,(H,11,14,15)(H2,16,17,18)/t5*6-,7+,8+/m00000/s1. The van der Waals surface area contributed by atoms with Crippen molar-refractivity contribution < 1.29 is 144 Å². The summed E-state index contributed by atoms with van der Waals surface area (Å²) in [5.41, 5.74) is -4.59. The second kappa shape index (κ2) is 36.2. The Morgan fingerprint density at radius 2 is 0.438 bits per heavy atom. The highest BCUT2D eigenvalue weighted by molar-refractivity contribution is 7.47. The molecule has 10 heterocycles. The first-order valence-corrected chi connectivity index (χ1v) is 37.8. The number of aryl methyl sites for hydroxylation is 5. The Bertz CT molecular complexity index is 4060. The second-order valence-electron chi connectivity index (χ2n) is 23.5. The highest BCUT2D eigenvalue weighted by Gasteiger charge is 2.42. The van der Waals surface area contributed by atoms with Crippen LogP contribution >= 0.6 is 39.1 Å². The van der Waals surface area contributed by atoms with E-state index >= 15 is 0 Å². The van der Waals surface area contributed by atoms with E-state index in [9.17, 15) is 96.3 Å². The molecule has 0 spiro atoms. The zero-order chi connectivity index (χ0) is 78.9. The molecule has 5 aliphatic rings. The zero-order valence-corrected chi connectivity index (χ0v) is 59.5. The number of nitrogens with zero attached hydrogens (tertiary/aromatic N) is 5. The summed E-state index contributed by atoms with van der Waals surface area (Å²) in [6.45, 7) is 4.97. The van der Waals surface area contributed by atoms with Crippen LogP contribution in [0.4, 0.5) is 0 Å². The number of phosphoric ester groups is 5. The van der Waals surface area contributed by atoms with E-state index in [2.05, 4.69) is 47.5 Å². The molecule has 0 aromatic carbocycles. The van der Waals surface area contributed by atoms with Gasteiger partial charge in [0.05, 0.1) is 63.6 Å². The summed E-state index contributed by atoms with van der Waals surface area (Å²) in [6, 6.07) is 0. The first-order chi connectivity index (χ1) is 48.4. The van der Waals surface area contributed by atoms with Gasteiger partial charge in [0.2, 0.25) is 0 Å². The number of hydrogen-bond acceptors (Lipinski definition) is 30. The monoisotopic (exact) mass is 1610 g/mol. The van der Waals surface area contributed by atoms with E-state index in [1.807, 2.05) is 0 Å². The number of hydrogen-bond donors (Lipinski definition) is 20. The van der Waals surface area contributed by atoms with E-state index in [1.54, 1.807) is 0 Å². The third-order valence-corrected chi connectivity index (χ3v) is 17.8. The molecule has 5 fully saturated rings. The molecule has 0 saturated carbocycles. The lowest BCUT2D eigenvalue weighted by molar-refractivity contribution is -0.0451. The summed E-state index contributed by atoms with van der Waals surface area (Å²) in [6.07, 6.45) is -7.84. The van der Waals surface area contributed by atoms with Crippen LogP contribution in [-0.4, -0.2) is 216 Å². The lowest BCUT2D eigenvalue weighted by Crippen LogP contribution is -2.33. The fourth-order valence-corrected chi connectivity index (χ4v) is 11.7. The van der Waals surface area contributed by atoms with E-state index in [0.717, 1.165) is 22.8 Å². The summed E-state index contributed by atoms with van der Waals surface area (Å²) in [7, 11) is -23.3. The molecule has 0 aliphatic carbocycles. The van der Waals surface area contributed by atoms with Gasteiger partial charge in [-0.1, -0.05) is 0 Å². The van der Waals surface area contributed by atoms with Gasteiger partial charge in [-0.3, -0.25) is 94.3 Å². The minimum atomic E-state index is -4.67. The van der Waals surface area contributed by atoms with E-state index in [1.165, 1.54) is 65.6 Å². The van der Waals surface area contributed by atoms with Crippen LogP contribution in [0.3, 0.4) is 0 Å². The first kappa shape index (κ1) is 87.5. The van der Waals surface area contributed by atoms with E-state index in [0.29, 0.717) is 27.8 Å². The van der Waals surface area contributed by atoms with Gasteiger partial charge in [0.15, 0.2) is 0 Å². The summed E-state index contributed by atoms with van der Waals surface area (Å²) in [4.78, 5) is 212. The summed E-state index contributed by atoms with van der Waals surface area (Å²) in [5, 5.41) is 48.9. The molecule has 5 aromatic rings. The molecule has 0 unspecified atom stereocenters. The van der Waals surface area contributed by atoms with Crippen LogP contribution < -0.4 is 56.2 Å². The predicted octanol–water partition coefficient (Wildman–Crippen LogP) is -6.99. The fraction of sp³-hybridized carbons (Fsp3) is 0.600. The minimum absolute atomic E-state index is 0.0283. The molecule has 15 atom stereocenters. The highest BCUT2D eigenvalue weighted by Crippen LogP contribution is 2.42. The summed E-state index contributed by atoms with van der Waals surface area (Å²) in [5.74, 6) is 0. The van der Waals surface area contributed by atoms with Gasteiger partial charge in [-0.25, -0.2) is 46.8 Å². The highest BCUT2D eigenvalue weighted by atomic mass is 31.2. The maximum absolute atomic E-state index is 11.7. The van der Waals surface area contributed by atoms with Gasteiger partial charge >= 0.3 is 67.6 Å². The van der Waals surface area contributed by atoms with Gasteiger partial charge in [-0.05, 0) is 34.6 Å². The van der Waals surface area contributed by atoms with Gasteiger partial charge in [-0.15, -0.1) is 0 Å². The third-order valence-electron chi connectivity index (χ3n) is 15.3. The van der Waals surface area contributed by atoms with Crippen molar-refractivity contribution in [1.29, 1.82) is 0 Å². The molecule has 20 N–H and O–H groups in total. The Hall–Kier alpha value is -6.45. The summed E-state index contributed by atoms with van der Waals surface area (Å²) >= 11 is 0. The van der Waals surface area contributed by atoms with Gasteiger partial charge in [0.1, 0.15) is 61.7 Å². The van der Waals surface area contributed by atoms with Gasteiger partial charge < -0.3 is 98.2 Å². The Morgan fingerprint density at radius 3 is 0.562 bits per heavy atom. The third kappa shape index (κ3) is 26.4. The molecule has 55 heteroatoms. The maximum Gasteiger partial charge on any atom is 0.469 e. The average Bonchev–Trinajstić information content (AvgIpc) is 1.74. The van der Waals surface area contributed by atoms with Crippen LogP contribution in [0.2, 0.25) is 0 Å². The van der Waals surface area contributed by atoms with E-state index < -0.39 is 221 Å². The SMILES string of the molecule is Cc1cn([C@H]2C[C@H](O)[C@@H](COP(=O)(O)O)O2)c(=O)[nH]c1=O.Cc1cn([C@H]2C[C@H](O)[C@@H](COP(=O)(O)O)O2)c(=O)[nH]c1=O.Cc1cn([C@H]2C[C@H](O)[C@@H](COP(=O)(O)O)O2)c(=O)[nH]c1=O.Cc1cn([C@H]2C[C@H](O)[C@@H](COP(=O)(O)O)O2)c(=O)[nH]c1=O.Cc1cn([C@H]2C[C@H](O)[C@@H](COP(=O)(O)O)O2)c(=O)[nH]c1=O. The van der Waals surface area contributed by atoms with Crippen molar-refractivity contribution in [2.45, 2.75) is 159 Å². The fourth-order valence-electron chi connectivity index (χ4n) is 10.0. The Morgan fingerprint density at radius 1 is 0.305 bits per heavy atom. The maximum atomic E-state index is 11.7. The number of phosphoric acid groups is 5. The number of ether oxygens (including phenoxy) is 5. The van der Waals surface area contributed by atoms with Crippen LogP contribution in [0.5, 0.6) is 0 Å². The zero-order valence-electron chi connectivity index (χ0n) is 55.0. The van der Waals surface area contributed by atoms with Crippen molar-refractivity contribution in [3.8, 4) is 0 Å². The van der Waals surface area contributed by atoms with E-state index in [-0.39, 0.29) is 32.1 Å². The average molecular weight is 1610 g/mol. The van der Waals surface area contributed by atoms with Crippen molar-refractivity contribution in [3.05, 3.63) is 163 Å². The largest absolute Gasteiger partial charge is 0.469 e. The van der Waals surface area contributed by atoms with Crippen molar-refractivity contribution in [2.24, 2.45) is 0 Å². The normalized spacial score (nSPS) is 26.2. The van der Waals surface area contributed by atoms with Crippen molar-refractivity contribution in [3.63, 3.8) is 0 Å². The predicted molar refractivity (Wildman–Crippen MR) is 343 cm³/mol. The minimum Gasteiger partial charge on any atom is -0.390 e. The number of aromatic nitrogens is 10. The quantitative estimate of drug-likeness (QED) is 0.0322. The van der Waals surface area contributed by atoms with Crippen molar-refractivity contribution in [2.75, 3.05) is 33.0 Å². The molecule has 105 heavy (non-hydrogen) atoms. The van der Waals surface area contributed by atoms with Gasteiger partial charge in [0.25, 0.3) is 27.8 Å². The Balaban J connectivity index is 0.000000206. The van der Waals surface area contributed by atoms with Crippen LogP contribution in [0.25, 0.3) is 0 Å². The van der Waals surface area contributed by atoms with Crippen LogP contribution in [0.1, 0.15) is 91.1 Å². The smallest absolute Gasteiger partial charge is 0.390 e. The molecule has 590 valence electrons. The molecule has 0 bridgehead atoms. The number of aliphatic hydroxyl groups excluding tert-OH is 5. The molecule has 5 saturated heterocycles. The first-order valence-electron chi connectivity index (χ1n) is 30.1. The molecule has 5 aliphatic heterocycles. The van der Waals surface area contributed by atoms with E-state index in [4.69, 9.17) is 72.6 Å². The Labute approximate surface area is 583 Å². The summed E-state index contributed by atoms with van der Waals surface area (Å²) < 4.78 is 107. The van der Waals surface area contributed by atoms with Crippen LogP contribution in [0, 0.1) is 34.6 Å². The lowest BCUT2D eigenvalue weighted by atomic mass is 10.2. The molecule has 50 nitrogen and oxygen atoms in total. The van der Waals surface area contributed by atoms with Crippen molar-refractivity contribution >= 4 is 39.1 Å². The molecule has 5 aromatic heterocycles. The molecule has 0 radical (unpaired) electrons. The molecule has 10 rings (SSSR count). The van der Waals surface area contributed by atoms with Crippen molar-refractivity contribution in [1.82, 2.24) is 47.8 Å². The topological polar surface area (TPSA) is 755 Å². The van der Waals surface area contributed by atoms with Crippen LogP contribution in [0.15, 0.2) is 78.9 Å².